The van der Waals surface area contributed by atoms with Gasteiger partial charge >= 0.3 is 0 Å². The van der Waals surface area contributed by atoms with Crippen LogP contribution in [-0.4, -0.2) is 14.2 Å². The third-order valence-corrected chi connectivity index (χ3v) is 3.99. The summed E-state index contributed by atoms with van der Waals surface area (Å²) >= 11 is 6.29. The van der Waals surface area contributed by atoms with Gasteiger partial charge in [0.25, 0.3) is 0 Å². The normalized spacial score (nSPS) is 11.5. The molecule has 3 nitrogen and oxygen atoms in total. The highest BCUT2D eigenvalue weighted by atomic mass is 35.5. The van der Waals surface area contributed by atoms with Crippen molar-refractivity contribution >= 4 is 23.0 Å². The smallest absolute Gasteiger partial charge is 0.193 e. The van der Waals surface area contributed by atoms with Crippen LogP contribution in [-0.2, 0) is 15.3 Å². The van der Waals surface area contributed by atoms with E-state index in [4.69, 9.17) is 21.1 Å². The Balaban J connectivity index is 2.47. The molecule has 2 aromatic carbocycles. The van der Waals surface area contributed by atoms with Gasteiger partial charge in [0.05, 0.1) is 10.7 Å². The maximum absolute atomic E-state index is 6.29. The zero-order chi connectivity index (χ0) is 15.5. The van der Waals surface area contributed by atoms with Crippen LogP contribution in [0.1, 0.15) is 18.1 Å². The van der Waals surface area contributed by atoms with Gasteiger partial charge in [0.15, 0.2) is 5.79 Å². The van der Waals surface area contributed by atoms with Crippen molar-refractivity contribution in [3.63, 3.8) is 0 Å². The minimum atomic E-state index is -0.821. The Morgan fingerprint density at radius 2 is 1.67 bits per heavy atom. The standard InChI is InChI=1S/C17H20ClNO2/c1-12-8-7-10-14(18)16(12)19-15-11-6-5-9-13(15)17(2,20-3)21-4/h5-11,19H,1-4H3. The number of rotatable bonds is 5. The average molecular weight is 306 g/mol. The molecule has 0 unspecified atom stereocenters. The molecular weight excluding hydrogens is 286 g/mol. The van der Waals surface area contributed by atoms with Crippen molar-refractivity contribution in [3.8, 4) is 0 Å². The monoisotopic (exact) mass is 305 g/mol. The molecule has 0 heterocycles. The molecule has 0 saturated heterocycles. The van der Waals surface area contributed by atoms with Gasteiger partial charge in [0.1, 0.15) is 0 Å². The van der Waals surface area contributed by atoms with Crippen LogP contribution in [0.2, 0.25) is 5.02 Å². The number of aryl methyl sites for hydroxylation is 1. The fourth-order valence-corrected chi connectivity index (χ4v) is 2.49. The highest BCUT2D eigenvalue weighted by Crippen LogP contribution is 2.35. The Morgan fingerprint density at radius 1 is 1.00 bits per heavy atom. The van der Waals surface area contributed by atoms with Gasteiger partial charge in [-0.2, -0.15) is 0 Å². The van der Waals surface area contributed by atoms with E-state index in [0.29, 0.717) is 5.02 Å². The van der Waals surface area contributed by atoms with E-state index in [0.717, 1.165) is 22.5 Å². The zero-order valence-electron chi connectivity index (χ0n) is 12.7. The maximum Gasteiger partial charge on any atom is 0.193 e. The minimum absolute atomic E-state index is 0.682. The van der Waals surface area contributed by atoms with Crippen molar-refractivity contribution in [3.05, 3.63) is 58.6 Å². The second-order valence-electron chi connectivity index (χ2n) is 4.96. The molecule has 0 fully saturated rings. The number of hydrogen-bond acceptors (Lipinski definition) is 3. The van der Waals surface area contributed by atoms with Crippen LogP contribution in [0, 0.1) is 6.92 Å². The molecule has 0 aliphatic carbocycles. The second kappa shape index (κ2) is 6.48. The summed E-state index contributed by atoms with van der Waals surface area (Å²) in [4.78, 5) is 0. The largest absolute Gasteiger partial charge is 0.354 e. The van der Waals surface area contributed by atoms with Crippen LogP contribution in [0.4, 0.5) is 11.4 Å². The van der Waals surface area contributed by atoms with Gasteiger partial charge in [-0.25, -0.2) is 0 Å². The number of halogens is 1. The molecule has 0 spiro atoms. The lowest BCUT2D eigenvalue weighted by Crippen LogP contribution is -2.27. The fourth-order valence-electron chi connectivity index (χ4n) is 2.22. The van der Waals surface area contributed by atoms with Crippen molar-refractivity contribution in [1.29, 1.82) is 0 Å². The summed E-state index contributed by atoms with van der Waals surface area (Å²) in [6, 6.07) is 13.7. The Labute approximate surface area is 130 Å². The van der Waals surface area contributed by atoms with E-state index in [-0.39, 0.29) is 0 Å². The molecule has 0 aliphatic rings. The molecule has 2 rings (SSSR count). The highest BCUT2D eigenvalue weighted by molar-refractivity contribution is 6.33. The van der Waals surface area contributed by atoms with E-state index in [1.54, 1.807) is 14.2 Å². The summed E-state index contributed by atoms with van der Waals surface area (Å²) in [5.41, 5.74) is 3.78. The molecule has 0 bridgehead atoms. The number of ether oxygens (including phenoxy) is 2. The predicted molar refractivity (Wildman–Crippen MR) is 87.3 cm³/mol. The fraction of sp³-hybridized carbons (Fsp3) is 0.294. The lowest BCUT2D eigenvalue weighted by molar-refractivity contribution is -0.201. The minimum Gasteiger partial charge on any atom is -0.354 e. The van der Waals surface area contributed by atoms with Crippen LogP contribution >= 0.6 is 11.6 Å². The first-order chi connectivity index (χ1) is 10.0. The van der Waals surface area contributed by atoms with Gasteiger partial charge in [-0.05, 0) is 31.5 Å². The number of hydrogen-bond donors (Lipinski definition) is 1. The van der Waals surface area contributed by atoms with E-state index < -0.39 is 5.79 Å². The van der Waals surface area contributed by atoms with Gasteiger partial charge in [-0.3, -0.25) is 0 Å². The van der Waals surface area contributed by atoms with Crippen molar-refractivity contribution in [2.24, 2.45) is 0 Å². The molecule has 0 atom stereocenters. The summed E-state index contributed by atoms with van der Waals surface area (Å²) in [6.07, 6.45) is 0. The van der Waals surface area contributed by atoms with Crippen LogP contribution in [0.25, 0.3) is 0 Å². The van der Waals surface area contributed by atoms with Crippen molar-refractivity contribution < 1.29 is 9.47 Å². The molecule has 0 radical (unpaired) electrons. The molecule has 2 aromatic rings. The predicted octanol–water partition coefficient (Wildman–Crippen LogP) is 4.86. The first kappa shape index (κ1) is 15.8. The number of methoxy groups -OCH3 is 2. The molecule has 0 aliphatic heterocycles. The molecule has 4 heteroatoms. The summed E-state index contributed by atoms with van der Waals surface area (Å²) in [5, 5.41) is 4.07. The van der Waals surface area contributed by atoms with Crippen molar-refractivity contribution in [1.82, 2.24) is 0 Å². The molecule has 0 saturated carbocycles. The van der Waals surface area contributed by atoms with Crippen LogP contribution in [0.5, 0.6) is 0 Å². The van der Waals surface area contributed by atoms with Crippen molar-refractivity contribution in [2.75, 3.05) is 19.5 Å². The summed E-state index contributed by atoms with van der Waals surface area (Å²) in [7, 11) is 3.25. The van der Waals surface area contributed by atoms with E-state index in [9.17, 15) is 0 Å². The molecule has 0 aromatic heterocycles. The van der Waals surface area contributed by atoms with E-state index in [1.165, 1.54) is 0 Å². The van der Waals surface area contributed by atoms with E-state index in [2.05, 4.69) is 5.32 Å². The lowest BCUT2D eigenvalue weighted by Gasteiger charge is -2.29. The van der Waals surface area contributed by atoms with Crippen molar-refractivity contribution in [2.45, 2.75) is 19.6 Å². The molecule has 21 heavy (non-hydrogen) atoms. The molecule has 0 amide bonds. The topological polar surface area (TPSA) is 30.5 Å². The summed E-state index contributed by atoms with van der Waals surface area (Å²) < 4.78 is 11.0. The Kier molecular flexibility index (Phi) is 4.88. The van der Waals surface area contributed by atoms with Gasteiger partial charge in [-0.15, -0.1) is 0 Å². The van der Waals surface area contributed by atoms with Crippen LogP contribution in [0.3, 0.4) is 0 Å². The first-order valence-electron chi connectivity index (χ1n) is 6.74. The number of nitrogens with one attached hydrogen (secondary N) is 1. The average Bonchev–Trinajstić information content (AvgIpc) is 2.51. The third kappa shape index (κ3) is 3.21. The molecule has 112 valence electrons. The summed E-state index contributed by atoms with van der Waals surface area (Å²) in [5.74, 6) is -0.821. The Morgan fingerprint density at radius 3 is 2.29 bits per heavy atom. The SMILES string of the molecule is COC(C)(OC)c1ccccc1Nc1c(C)cccc1Cl. The molecular formula is C17H20ClNO2. The molecule has 1 N–H and O–H groups in total. The second-order valence-corrected chi connectivity index (χ2v) is 5.36. The number of benzene rings is 2. The summed E-state index contributed by atoms with van der Waals surface area (Å²) in [6.45, 7) is 3.90. The van der Waals surface area contributed by atoms with Gasteiger partial charge < -0.3 is 14.8 Å². The lowest BCUT2D eigenvalue weighted by atomic mass is 10.0. The third-order valence-electron chi connectivity index (χ3n) is 3.68. The van der Waals surface area contributed by atoms with E-state index >= 15 is 0 Å². The van der Waals surface area contributed by atoms with Crippen LogP contribution < -0.4 is 5.32 Å². The van der Waals surface area contributed by atoms with Gasteiger partial charge in [-0.1, -0.05) is 41.9 Å². The van der Waals surface area contributed by atoms with Crippen LogP contribution in [0.15, 0.2) is 42.5 Å². The highest BCUT2D eigenvalue weighted by Gasteiger charge is 2.28. The quantitative estimate of drug-likeness (QED) is 0.800. The zero-order valence-corrected chi connectivity index (χ0v) is 13.5. The number of para-hydroxylation sites is 2. The maximum atomic E-state index is 6.29. The first-order valence-corrected chi connectivity index (χ1v) is 7.11. The Bertz CT molecular complexity index is 604. The number of anilines is 2. The van der Waals surface area contributed by atoms with Gasteiger partial charge in [0, 0.05) is 25.5 Å². The van der Waals surface area contributed by atoms with E-state index in [1.807, 2.05) is 56.3 Å². The Hall–Kier alpha value is -1.55. The van der Waals surface area contributed by atoms with Gasteiger partial charge in [0.2, 0.25) is 0 Å².